The third-order valence-electron chi connectivity index (χ3n) is 2.96. The van der Waals surface area contributed by atoms with E-state index in [-0.39, 0.29) is 5.82 Å². The van der Waals surface area contributed by atoms with Crippen LogP contribution in [-0.2, 0) is 10.2 Å². The van der Waals surface area contributed by atoms with Crippen LogP contribution in [0, 0.1) is 5.82 Å². The molecule has 0 saturated carbocycles. The van der Waals surface area contributed by atoms with Crippen LogP contribution in [0.2, 0.25) is 0 Å². The first-order valence-electron chi connectivity index (χ1n) is 5.49. The second kappa shape index (κ2) is 4.53. The van der Waals surface area contributed by atoms with Gasteiger partial charge in [-0.3, -0.25) is 4.79 Å². The smallest absolute Gasteiger partial charge is 0.313 e. The number of benzene rings is 1. The topological polar surface area (TPSA) is 37.3 Å². The highest BCUT2D eigenvalue weighted by molar-refractivity contribution is 7.13. The zero-order valence-corrected chi connectivity index (χ0v) is 10.9. The van der Waals surface area contributed by atoms with Crippen LogP contribution in [0.3, 0.4) is 0 Å². The number of carboxylic acid groups (broad SMARTS) is 1. The first-order chi connectivity index (χ1) is 8.41. The van der Waals surface area contributed by atoms with Crippen LogP contribution in [0.1, 0.15) is 19.4 Å². The van der Waals surface area contributed by atoms with Crippen LogP contribution in [0.25, 0.3) is 10.4 Å². The molecule has 0 bridgehead atoms. The van der Waals surface area contributed by atoms with Crippen molar-refractivity contribution in [1.29, 1.82) is 0 Å². The van der Waals surface area contributed by atoms with Crippen LogP contribution in [0.5, 0.6) is 0 Å². The Bertz CT molecular complexity index is 587. The molecule has 1 heterocycles. The average molecular weight is 264 g/mol. The van der Waals surface area contributed by atoms with Gasteiger partial charge in [0.15, 0.2) is 0 Å². The van der Waals surface area contributed by atoms with Gasteiger partial charge in [0.2, 0.25) is 0 Å². The molecular weight excluding hydrogens is 251 g/mol. The van der Waals surface area contributed by atoms with E-state index >= 15 is 0 Å². The summed E-state index contributed by atoms with van der Waals surface area (Å²) in [5, 5.41) is 11.0. The molecule has 0 amide bonds. The van der Waals surface area contributed by atoms with Gasteiger partial charge in [0, 0.05) is 4.88 Å². The van der Waals surface area contributed by atoms with E-state index in [4.69, 9.17) is 5.11 Å². The van der Waals surface area contributed by atoms with E-state index in [2.05, 4.69) is 0 Å². The number of aliphatic carboxylic acids is 1. The second-order valence-corrected chi connectivity index (χ2v) is 5.55. The van der Waals surface area contributed by atoms with E-state index in [1.165, 1.54) is 23.5 Å². The summed E-state index contributed by atoms with van der Waals surface area (Å²) in [6, 6.07) is 8.11. The van der Waals surface area contributed by atoms with E-state index in [1.54, 1.807) is 19.9 Å². The molecule has 0 atom stereocenters. The van der Waals surface area contributed by atoms with Crippen LogP contribution in [-0.4, -0.2) is 11.1 Å². The summed E-state index contributed by atoms with van der Waals surface area (Å²) in [5.41, 5.74) is 0.578. The molecule has 2 aromatic rings. The molecule has 1 aromatic carbocycles. The third kappa shape index (κ3) is 2.29. The molecule has 4 heteroatoms. The quantitative estimate of drug-likeness (QED) is 0.912. The second-order valence-electron chi connectivity index (χ2n) is 4.64. The van der Waals surface area contributed by atoms with Crippen molar-refractivity contribution < 1.29 is 14.3 Å². The fourth-order valence-corrected chi connectivity index (χ4v) is 2.66. The van der Waals surface area contributed by atoms with Gasteiger partial charge in [0.05, 0.1) is 5.41 Å². The summed E-state index contributed by atoms with van der Waals surface area (Å²) in [6.07, 6.45) is 0. The summed E-state index contributed by atoms with van der Waals surface area (Å²) in [7, 11) is 0. The van der Waals surface area contributed by atoms with Crippen molar-refractivity contribution >= 4 is 17.3 Å². The van der Waals surface area contributed by atoms with E-state index in [9.17, 15) is 9.18 Å². The lowest BCUT2D eigenvalue weighted by Crippen LogP contribution is -2.27. The van der Waals surface area contributed by atoms with Crippen molar-refractivity contribution in [3.8, 4) is 10.4 Å². The van der Waals surface area contributed by atoms with E-state index in [0.717, 1.165) is 16.0 Å². The lowest BCUT2D eigenvalue weighted by atomic mass is 9.86. The molecule has 2 rings (SSSR count). The van der Waals surface area contributed by atoms with E-state index in [1.807, 2.05) is 17.5 Å². The number of rotatable bonds is 3. The normalized spacial score (nSPS) is 11.5. The summed E-state index contributed by atoms with van der Waals surface area (Å²) >= 11 is 1.43. The largest absolute Gasteiger partial charge is 0.481 e. The molecule has 0 saturated heterocycles. The van der Waals surface area contributed by atoms with Crippen LogP contribution in [0.15, 0.2) is 35.7 Å². The number of hydrogen-bond acceptors (Lipinski definition) is 2. The van der Waals surface area contributed by atoms with Gasteiger partial charge in [-0.2, -0.15) is 0 Å². The molecule has 0 aliphatic heterocycles. The Morgan fingerprint density at radius 3 is 2.67 bits per heavy atom. The summed E-state index contributed by atoms with van der Waals surface area (Å²) in [5.74, 6) is -1.16. The molecule has 1 aromatic heterocycles. The molecule has 0 radical (unpaired) electrons. The van der Waals surface area contributed by atoms with Gasteiger partial charge in [-0.1, -0.05) is 12.1 Å². The Morgan fingerprint density at radius 1 is 1.33 bits per heavy atom. The zero-order chi connectivity index (χ0) is 13.3. The van der Waals surface area contributed by atoms with Gasteiger partial charge in [-0.15, -0.1) is 11.3 Å². The molecule has 2 nitrogen and oxygen atoms in total. The number of thiophene rings is 1. The third-order valence-corrected chi connectivity index (χ3v) is 3.94. The fraction of sp³-hybridized carbons (Fsp3) is 0.214. The molecule has 0 fully saturated rings. The highest BCUT2D eigenvalue weighted by Gasteiger charge is 2.30. The molecule has 94 valence electrons. The van der Waals surface area contributed by atoms with Gasteiger partial charge >= 0.3 is 5.97 Å². The summed E-state index contributed by atoms with van der Waals surface area (Å²) in [6.45, 7) is 3.32. The molecule has 0 aliphatic rings. The number of halogens is 1. The molecule has 0 spiro atoms. The Balaban J connectivity index is 2.40. The maximum Gasteiger partial charge on any atom is 0.313 e. The Labute approximate surface area is 109 Å². The minimum Gasteiger partial charge on any atom is -0.481 e. The minimum atomic E-state index is -0.928. The highest BCUT2D eigenvalue weighted by atomic mass is 32.1. The highest BCUT2D eigenvalue weighted by Crippen LogP contribution is 2.33. The monoisotopic (exact) mass is 264 g/mol. The average Bonchev–Trinajstić information content (AvgIpc) is 2.78. The van der Waals surface area contributed by atoms with Crippen molar-refractivity contribution in [2.45, 2.75) is 19.3 Å². The van der Waals surface area contributed by atoms with Crippen molar-refractivity contribution in [2.75, 3.05) is 0 Å². The lowest BCUT2D eigenvalue weighted by molar-refractivity contribution is -0.142. The van der Waals surface area contributed by atoms with Crippen molar-refractivity contribution in [1.82, 2.24) is 0 Å². The standard InChI is InChI=1S/C14H13FO2S/c1-14(2,13(16)17)10-7-12(18-8-10)9-4-3-5-11(15)6-9/h3-8H,1-2H3,(H,16,17). The summed E-state index contributed by atoms with van der Waals surface area (Å²) in [4.78, 5) is 12.0. The van der Waals surface area contributed by atoms with E-state index < -0.39 is 11.4 Å². The SMILES string of the molecule is CC(C)(C(=O)O)c1csc(-c2cccc(F)c2)c1. The van der Waals surface area contributed by atoms with Crippen molar-refractivity contribution in [2.24, 2.45) is 0 Å². The van der Waals surface area contributed by atoms with Gasteiger partial charge in [-0.25, -0.2) is 4.39 Å². The van der Waals surface area contributed by atoms with Gasteiger partial charge in [0.1, 0.15) is 5.82 Å². The Kier molecular flexibility index (Phi) is 3.22. The first-order valence-corrected chi connectivity index (χ1v) is 6.37. The zero-order valence-electron chi connectivity index (χ0n) is 10.1. The summed E-state index contributed by atoms with van der Waals surface area (Å²) < 4.78 is 13.1. The van der Waals surface area contributed by atoms with E-state index in [0.29, 0.717) is 0 Å². The molecule has 0 aliphatic carbocycles. The lowest BCUT2D eigenvalue weighted by Gasteiger charge is -2.17. The number of hydrogen-bond donors (Lipinski definition) is 1. The minimum absolute atomic E-state index is 0.292. The molecule has 1 N–H and O–H groups in total. The van der Waals surface area contributed by atoms with Crippen LogP contribution >= 0.6 is 11.3 Å². The van der Waals surface area contributed by atoms with Crippen LogP contribution < -0.4 is 0 Å². The molecular formula is C14H13FO2S. The number of carbonyl (C=O) groups is 1. The Hall–Kier alpha value is -1.68. The maximum absolute atomic E-state index is 13.1. The predicted molar refractivity (Wildman–Crippen MR) is 70.4 cm³/mol. The molecule has 18 heavy (non-hydrogen) atoms. The van der Waals surface area contributed by atoms with Gasteiger partial charge in [0.25, 0.3) is 0 Å². The molecule has 0 unspecified atom stereocenters. The van der Waals surface area contributed by atoms with Crippen LogP contribution in [0.4, 0.5) is 4.39 Å². The first kappa shape index (κ1) is 12.8. The Morgan fingerprint density at radius 2 is 2.06 bits per heavy atom. The van der Waals surface area contributed by atoms with Crippen molar-refractivity contribution in [3.05, 3.63) is 47.1 Å². The van der Waals surface area contributed by atoms with Gasteiger partial charge in [-0.05, 0) is 48.6 Å². The maximum atomic E-state index is 13.1. The number of carboxylic acids is 1. The van der Waals surface area contributed by atoms with Gasteiger partial charge < -0.3 is 5.11 Å². The fourth-order valence-electron chi connectivity index (χ4n) is 1.58. The predicted octanol–water partition coefficient (Wildman–Crippen LogP) is 3.92. The van der Waals surface area contributed by atoms with Crippen molar-refractivity contribution in [3.63, 3.8) is 0 Å².